The molecule has 0 bridgehead atoms. The van der Waals surface area contributed by atoms with Crippen molar-refractivity contribution in [2.45, 2.75) is 19.4 Å². The van der Waals surface area contributed by atoms with Gasteiger partial charge in [0.25, 0.3) is 0 Å². The van der Waals surface area contributed by atoms with Crippen molar-refractivity contribution in [3.05, 3.63) is 67.6 Å². The topological polar surface area (TPSA) is 38.0 Å². The van der Waals surface area contributed by atoms with Gasteiger partial charge in [0, 0.05) is 4.47 Å². The van der Waals surface area contributed by atoms with Crippen LogP contribution in [0.15, 0.2) is 40.9 Å². The molecule has 5 heteroatoms. The Hall–Kier alpha value is -0.580. The van der Waals surface area contributed by atoms with E-state index in [1.807, 2.05) is 37.3 Å². The van der Waals surface area contributed by atoms with Crippen LogP contribution in [0.2, 0.25) is 10.0 Å². The van der Waals surface area contributed by atoms with Gasteiger partial charge in [-0.1, -0.05) is 69.5 Å². The molecule has 0 aromatic heterocycles. The van der Waals surface area contributed by atoms with Gasteiger partial charge in [-0.3, -0.25) is 11.3 Å². The number of benzene rings is 2. The van der Waals surface area contributed by atoms with E-state index >= 15 is 0 Å². The molecule has 0 heterocycles. The monoisotopic (exact) mass is 372 g/mol. The highest BCUT2D eigenvalue weighted by atomic mass is 79.9. The SMILES string of the molecule is Cc1cccc(C(Cc2cccc(Cl)c2Cl)NN)c1Br. The average molecular weight is 374 g/mol. The zero-order valence-electron chi connectivity index (χ0n) is 11.0. The Morgan fingerprint density at radius 3 is 2.60 bits per heavy atom. The predicted molar refractivity (Wildman–Crippen MR) is 89.1 cm³/mol. The van der Waals surface area contributed by atoms with Crippen molar-refractivity contribution in [3.63, 3.8) is 0 Å². The molecule has 2 rings (SSSR count). The van der Waals surface area contributed by atoms with Crippen LogP contribution in [-0.4, -0.2) is 0 Å². The van der Waals surface area contributed by atoms with E-state index in [-0.39, 0.29) is 6.04 Å². The van der Waals surface area contributed by atoms with Gasteiger partial charge in [-0.25, -0.2) is 0 Å². The van der Waals surface area contributed by atoms with E-state index in [0.717, 1.165) is 15.6 Å². The van der Waals surface area contributed by atoms with Crippen molar-refractivity contribution in [1.82, 2.24) is 5.43 Å². The standard InChI is InChI=1S/C15H15BrCl2N2/c1-9-4-2-6-11(14(9)16)13(20-19)8-10-5-3-7-12(17)15(10)18/h2-7,13,20H,8,19H2,1H3. The molecule has 1 unspecified atom stereocenters. The summed E-state index contributed by atoms with van der Waals surface area (Å²) in [6, 6.07) is 11.7. The summed E-state index contributed by atoms with van der Waals surface area (Å²) in [7, 11) is 0. The van der Waals surface area contributed by atoms with Crippen LogP contribution >= 0.6 is 39.1 Å². The van der Waals surface area contributed by atoms with Gasteiger partial charge in [0.05, 0.1) is 16.1 Å². The average Bonchev–Trinajstić information content (AvgIpc) is 2.44. The fourth-order valence-corrected chi connectivity index (χ4v) is 3.06. The number of aryl methyl sites for hydroxylation is 1. The molecule has 2 aromatic carbocycles. The molecule has 0 amide bonds. The summed E-state index contributed by atoms with van der Waals surface area (Å²) >= 11 is 15.9. The van der Waals surface area contributed by atoms with Crippen LogP contribution in [0.1, 0.15) is 22.7 Å². The summed E-state index contributed by atoms with van der Waals surface area (Å²) in [6.07, 6.45) is 0.665. The molecule has 0 aliphatic heterocycles. The summed E-state index contributed by atoms with van der Waals surface area (Å²) < 4.78 is 1.06. The summed E-state index contributed by atoms with van der Waals surface area (Å²) in [5.74, 6) is 5.71. The third-order valence-electron chi connectivity index (χ3n) is 3.25. The maximum Gasteiger partial charge on any atom is 0.0624 e. The highest BCUT2D eigenvalue weighted by Crippen LogP contribution is 2.32. The Balaban J connectivity index is 2.34. The van der Waals surface area contributed by atoms with E-state index in [9.17, 15) is 0 Å². The Kier molecular flexibility index (Phi) is 5.47. The molecule has 106 valence electrons. The van der Waals surface area contributed by atoms with Crippen LogP contribution in [0.5, 0.6) is 0 Å². The predicted octanol–water partition coefficient (Wildman–Crippen LogP) is 4.81. The van der Waals surface area contributed by atoms with Crippen molar-refractivity contribution in [1.29, 1.82) is 0 Å². The number of hydrogen-bond acceptors (Lipinski definition) is 2. The lowest BCUT2D eigenvalue weighted by Crippen LogP contribution is -2.30. The van der Waals surface area contributed by atoms with E-state index < -0.39 is 0 Å². The summed E-state index contributed by atoms with van der Waals surface area (Å²) in [5.41, 5.74) is 6.09. The first-order chi connectivity index (χ1) is 9.54. The molecule has 2 aromatic rings. The van der Waals surface area contributed by atoms with Gasteiger partial charge in [-0.05, 0) is 36.1 Å². The van der Waals surface area contributed by atoms with Crippen molar-refractivity contribution in [3.8, 4) is 0 Å². The molecule has 0 saturated carbocycles. The van der Waals surface area contributed by atoms with Gasteiger partial charge in [0.1, 0.15) is 0 Å². The maximum absolute atomic E-state index is 6.24. The highest BCUT2D eigenvalue weighted by molar-refractivity contribution is 9.10. The van der Waals surface area contributed by atoms with Gasteiger partial charge in [-0.15, -0.1) is 0 Å². The third kappa shape index (κ3) is 3.35. The van der Waals surface area contributed by atoms with E-state index in [4.69, 9.17) is 29.0 Å². The van der Waals surface area contributed by atoms with Crippen molar-refractivity contribution in [2.24, 2.45) is 5.84 Å². The van der Waals surface area contributed by atoms with Crippen molar-refractivity contribution in [2.75, 3.05) is 0 Å². The minimum Gasteiger partial charge on any atom is -0.271 e. The van der Waals surface area contributed by atoms with Crippen LogP contribution < -0.4 is 11.3 Å². The van der Waals surface area contributed by atoms with Crippen LogP contribution in [-0.2, 0) is 6.42 Å². The van der Waals surface area contributed by atoms with E-state index in [1.54, 1.807) is 6.07 Å². The number of hydrogen-bond donors (Lipinski definition) is 2. The Labute approximate surface area is 137 Å². The van der Waals surface area contributed by atoms with E-state index in [1.165, 1.54) is 5.56 Å². The number of halogens is 3. The molecule has 3 N–H and O–H groups in total. The normalized spacial score (nSPS) is 12.4. The maximum atomic E-state index is 6.24. The third-order valence-corrected chi connectivity index (χ3v) is 5.20. The van der Waals surface area contributed by atoms with Crippen LogP contribution in [0, 0.1) is 6.92 Å². The van der Waals surface area contributed by atoms with Crippen molar-refractivity contribution >= 4 is 39.1 Å². The molecule has 0 aliphatic rings. The Morgan fingerprint density at radius 2 is 1.90 bits per heavy atom. The Bertz CT molecular complexity index is 617. The summed E-state index contributed by atoms with van der Waals surface area (Å²) in [6.45, 7) is 2.05. The molecule has 0 spiro atoms. The van der Waals surface area contributed by atoms with Crippen LogP contribution in [0.25, 0.3) is 0 Å². The lowest BCUT2D eigenvalue weighted by atomic mass is 9.98. The van der Waals surface area contributed by atoms with Gasteiger partial charge >= 0.3 is 0 Å². The molecule has 2 nitrogen and oxygen atoms in total. The fourth-order valence-electron chi connectivity index (χ4n) is 2.12. The Morgan fingerprint density at radius 1 is 1.20 bits per heavy atom. The zero-order chi connectivity index (χ0) is 14.7. The van der Waals surface area contributed by atoms with Crippen LogP contribution in [0.4, 0.5) is 0 Å². The van der Waals surface area contributed by atoms with Gasteiger partial charge < -0.3 is 0 Å². The second kappa shape index (κ2) is 6.92. The molecular weight excluding hydrogens is 359 g/mol. The largest absolute Gasteiger partial charge is 0.271 e. The first-order valence-electron chi connectivity index (χ1n) is 6.18. The second-order valence-electron chi connectivity index (χ2n) is 4.61. The number of hydrazine groups is 1. The highest BCUT2D eigenvalue weighted by Gasteiger charge is 2.16. The molecule has 0 saturated heterocycles. The van der Waals surface area contributed by atoms with Gasteiger partial charge in [-0.2, -0.15) is 0 Å². The van der Waals surface area contributed by atoms with Gasteiger partial charge in [0.2, 0.25) is 0 Å². The lowest BCUT2D eigenvalue weighted by molar-refractivity contribution is 0.549. The molecule has 1 atom stereocenters. The lowest BCUT2D eigenvalue weighted by Gasteiger charge is -2.19. The number of nitrogens with two attached hydrogens (primary N) is 1. The second-order valence-corrected chi connectivity index (χ2v) is 6.19. The first kappa shape index (κ1) is 15.8. The smallest absolute Gasteiger partial charge is 0.0624 e. The van der Waals surface area contributed by atoms with Crippen LogP contribution in [0.3, 0.4) is 0 Å². The molecule has 0 fully saturated rings. The minimum atomic E-state index is -0.0414. The minimum absolute atomic E-state index is 0.0414. The molecule has 0 aliphatic carbocycles. The quantitative estimate of drug-likeness (QED) is 0.596. The van der Waals surface area contributed by atoms with Crippen molar-refractivity contribution < 1.29 is 0 Å². The first-order valence-corrected chi connectivity index (χ1v) is 7.73. The number of rotatable bonds is 4. The van der Waals surface area contributed by atoms with E-state index in [0.29, 0.717) is 16.5 Å². The number of nitrogens with one attached hydrogen (secondary N) is 1. The summed E-state index contributed by atoms with van der Waals surface area (Å²) in [5, 5.41) is 1.14. The molecule has 20 heavy (non-hydrogen) atoms. The zero-order valence-corrected chi connectivity index (χ0v) is 14.1. The molecule has 0 radical (unpaired) electrons. The molecular formula is C15H15BrCl2N2. The summed E-state index contributed by atoms with van der Waals surface area (Å²) in [4.78, 5) is 0. The van der Waals surface area contributed by atoms with E-state index in [2.05, 4.69) is 21.4 Å². The van der Waals surface area contributed by atoms with Gasteiger partial charge in [0.15, 0.2) is 0 Å². The fraction of sp³-hybridized carbons (Fsp3) is 0.200.